The van der Waals surface area contributed by atoms with Gasteiger partial charge in [0.1, 0.15) is 11.6 Å². The molecular weight excluding hydrogens is 604 g/mol. The van der Waals surface area contributed by atoms with Gasteiger partial charge in [0.2, 0.25) is 11.6 Å². The normalized spacial score (nSPS) is 11.4. The van der Waals surface area contributed by atoms with Gasteiger partial charge in [0.25, 0.3) is 0 Å². The van der Waals surface area contributed by atoms with Gasteiger partial charge in [-0.2, -0.15) is 5.26 Å². The summed E-state index contributed by atoms with van der Waals surface area (Å²) in [5.74, 6) is -27.2. The van der Waals surface area contributed by atoms with Gasteiger partial charge in [-0.3, -0.25) is 0 Å². The standard InChI is InChI=1S/C28H9F10NO2S/c29-18-16(19(30)23(34)26(37)22(18)33)14(17-20(31)24(35)27(38)25(36)21(17)32)7-10-1-3-11(4-2-10)15-6-5-13(42-15)8-12(9-39)28(40)41/h1-8H,(H,40,41)/b12-8-. The van der Waals surface area contributed by atoms with Crippen molar-refractivity contribution in [1.29, 1.82) is 5.26 Å². The van der Waals surface area contributed by atoms with E-state index in [1.807, 2.05) is 0 Å². The molecule has 214 valence electrons. The van der Waals surface area contributed by atoms with Crippen molar-refractivity contribution in [1.82, 2.24) is 0 Å². The van der Waals surface area contributed by atoms with E-state index in [1.165, 1.54) is 30.3 Å². The molecule has 1 N–H and O–H groups in total. The number of hydrogen-bond acceptors (Lipinski definition) is 3. The van der Waals surface area contributed by atoms with Crippen molar-refractivity contribution in [2.75, 3.05) is 0 Å². The highest BCUT2D eigenvalue weighted by Crippen LogP contribution is 2.38. The summed E-state index contributed by atoms with van der Waals surface area (Å²) >= 11 is 1.04. The number of rotatable bonds is 6. The van der Waals surface area contributed by atoms with Gasteiger partial charge < -0.3 is 5.11 Å². The lowest BCUT2D eigenvalue weighted by atomic mass is 9.92. The minimum atomic E-state index is -2.62. The molecule has 0 aliphatic carbocycles. The predicted octanol–water partition coefficient (Wildman–Crippen LogP) is 8.39. The molecule has 0 bridgehead atoms. The van der Waals surface area contributed by atoms with E-state index in [1.54, 1.807) is 0 Å². The zero-order chi connectivity index (χ0) is 31.0. The van der Waals surface area contributed by atoms with Crippen molar-refractivity contribution in [3.05, 3.63) is 122 Å². The van der Waals surface area contributed by atoms with Gasteiger partial charge in [0, 0.05) is 15.3 Å². The lowest BCUT2D eigenvalue weighted by Gasteiger charge is -2.15. The van der Waals surface area contributed by atoms with Crippen LogP contribution in [0.15, 0.2) is 42.0 Å². The van der Waals surface area contributed by atoms with Crippen LogP contribution in [0.25, 0.3) is 28.2 Å². The smallest absolute Gasteiger partial charge is 0.346 e. The molecule has 0 amide bonds. The number of nitrogens with zero attached hydrogens (tertiary/aromatic N) is 1. The molecule has 0 atom stereocenters. The van der Waals surface area contributed by atoms with Crippen molar-refractivity contribution in [3.8, 4) is 16.5 Å². The Morgan fingerprint density at radius 1 is 0.643 bits per heavy atom. The number of aliphatic carboxylic acids is 1. The molecule has 0 saturated heterocycles. The number of carboxylic acid groups (broad SMARTS) is 1. The van der Waals surface area contributed by atoms with Gasteiger partial charge in [0.05, 0.1) is 11.1 Å². The second kappa shape index (κ2) is 11.5. The third-order valence-corrected chi connectivity index (χ3v) is 6.81. The third-order valence-electron chi connectivity index (χ3n) is 5.73. The van der Waals surface area contributed by atoms with Gasteiger partial charge in [-0.15, -0.1) is 11.3 Å². The molecule has 1 aromatic heterocycles. The summed E-state index contributed by atoms with van der Waals surface area (Å²) in [4.78, 5) is 11.9. The minimum absolute atomic E-state index is 0.226. The van der Waals surface area contributed by atoms with Crippen LogP contribution in [0.2, 0.25) is 0 Å². The lowest BCUT2D eigenvalue weighted by Crippen LogP contribution is -2.12. The molecule has 0 fully saturated rings. The first-order valence-electron chi connectivity index (χ1n) is 11.1. The Bertz CT molecular complexity index is 1740. The van der Waals surface area contributed by atoms with Crippen LogP contribution in [0.1, 0.15) is 21.6 Å². The number of carbonyl (C=O) groups is 1. The minimum Gasteiger partial charge on any atom is -0.477 e. The Labute approximate surface area is 232 Å². The summed E-state index contributed by atoms with van der Waals surface area (Å²) in [6.07, 6.45) is 1.57. The number of halogens is 10. The van der Waals surface area contributed by atoms with Crippen LogP contribution in [-0.4, -0.2) is 11.1 Å². The van der Waals surface area contributed by atoms with Crippen LogP contribution < -0.4 is 0 Å². The third kappa shape index (κ3) is 5.26. The summed E-state index contributed by atoms with van der Waals surface area (Å²) in [6, 6.07) is 9.45. The monoisotopic (exact) mass is 613 g/mol. The average molecular weight is 613 g/mol. The molecule has 4 rings (SSSR count). The van der Waals surface area contributed by atoms with Crippen LogP contribution in [0.5, 0.6) is 0 Å². The molecule has 42 heavy (non-hydrogen) atoms. The molecule has 0 aliphatic rings. The maximum Gasteiger partial charge on any atom is 0.346 e. The van der Waals surface area contributed by atoms with E-state index < -0.39 is 86.4 Å². The summed E-state index contributed by atoms with van der Waals surface area (Å²) in [5, 5.41) is 17.9. The van der Waals surface area contributed by atoms with Crippen molar-refractivity contribution in [3.63, 3.8) is 0 Å². The van der Waals surface area contributed by atoms with Gasteiger partial charge in [0.15, 0.2) is 46.5 Å². The fourth-order valence-corrected chi connectivity index (χ4v) is 4.69. The molecule has 0 aliphatic heterocycles. The Balaban J connectivity index is 1.91. The molecule has 3 nitrogen and oxygen atoms in total. The molecule has 0 spiro atoms. The highest BCUT2D eigenvalue weighted by molar-refractivity contribution is 7.16. The zero-order valence-corrected chi connectivity index (χ0v) is 20.9. The molecule has 4 aromatic rings. The fourth-order valence-electron chi connectivity index (χ4n) is 3.73. The second-order valence-electron chi connectivity index (χ2n) is 8.25. The van der Waals surface area contributed by atoms with E-state index in [-0.39, 0.29) is 5.56 Å². The summed E-state index contributed by atoms with van der Waals surface area (Å²) in [7, 11) is 0. The largest absolute Gasteiger partial charge is 0.477 e. The Morgan fingerprint density at radius 2 is 1.07 bits per heavy atom. The molecular formula is C28H9F10NO2S. The molecule has 3 aromatic carbocycles. The molecule has 0 radical (unpaired) electrons. The van der Waals surface area contributed by atoms with Crippen LogP contribution in [-0.2, 0) is 4.79 Å². The molecule has 14 heteroatoms. The SMILES string of the molecule is N#C/C(=C/c1ccc(-c2ccc(C=C(c3c(F)c(F)c(F)c(F)c3F)c3c(F)c(F)c(F)c(F)c3F)cc2)s1)C(=O)O. The summed E-state index contributed by atoms with van der Waals surface area (Å²) in [5.41, 5.74) is -5.78. The van der Waals surface area contributed by atoms with Crippen LogP contribution in [0, 0.1) is 69.5 Å². The highest BCUT2D eigenvalue weighted by atomic mass is 32.1. The summed E-state index contributed by atoms with van der Waals surface area (Å²) < 4.78 is 142. The summed E-state index contributed by atoms with van der Waals surface area (Å²) in [6.45, 7) is 0. The van der Waals surface area contributed by atoms with Gasteiger partial charge >= 0.3 is 5.97 Å². The van der Waals surface area contributed by atoms with Crippen molar-refractivity contribution in [2.45, 2.75) is 0 Å². The van der Waals surface area contributed by atoms with Crippen molar-refractivity contribution >= 4 is 35.0 Å². The molecule has 0 saturated carbocycles. The van der Waals surface area contributed by atoms with E-state index in [0.29, 0.717) is 21.4 Å². The average Bonchev–Trinajstić information content (AvgIpc) is 3.44. The first-order valence-corrected chi connectivity index (χ1v) is 11.9. The van der Waals surface area contributed by atoms with E-state index in [0.717, 1.165) is 29.5 Å². The van der Waals surface area contributed by atoms with Crippen molar-refractivity contribution in [2.24, 2.45) is 0 Å². The topological polar surface area (TPSA) is 61.1 Å². The Morgan fingerprint density at radius 3 is 1.48 bits per heavy atom. The second-order valence-corrected chi connectivity index (χ2v) is 9.36. The first-order chi connectivity index (χ1) is 19.8. The highest BCUT2D eigenvalue weighted by Gasteiger charge is 2.34. The maximum atomic E-state index is 14.7. The number of nitriles is 1. The van der Waals surface area contributed by atoms with Crippen LogP contribution in [0.3, 0.4) is 0 Å². The zero-order valence-electron chi connectivity index (χ0n) is 20.1. The van der Waals surface area contributed by atoms with E-state index >= 15 is 0 Å². The molecule has 0 unspecified atom stereocenters. The number of hydrogen-bond donors (Lipinski definition) is 1. The molecule has 1 heterocycles. The van der Waals surface area contributed by atoms with Gasteiger partial charge in [-0.05, 0) is 35.4 Å². The number of benzene rings is 3. The predicted molar refractivity (Wildman–Crippen MR) is 130 cm³/mol. The van der Waals surface area contributed by atoms with Gasteiger partial charge in [-0.1, -0.05) is 24.3 Å². The number of carboxylic acids is 1. The first kappa shape index (κ1) is 30.1. The maximum absolute atomic E-state index is 14.7. The van der Waals surface area contributed by atoms with E-state index in [4.69, 9.17) is 10.4 Å². The van der Waals surface area contributed by atoms with Gasteiger partial charge in [-0.25, -0.2) is 48.7 Å². The quantitative estimate of drug-likeness (QED) is 0.0594. The van der Waals surface area contributed by atoms with Crippen molar-refractivity contribution < 1.29 is 53.8 Å². The van der Waals surface area contributed by atoms with E-state index in [2.05, 4.69) is 0 Å². The van der Waals surface area contributed by atoms with Crippen LogP contribution in [0.4, 0.5) is 43.9 Å². The lowest BCUT2D eigenvalue weighted by molar-refractivity contribution is -0.132. The Kier molecular flexibility index (Phi) is 8.26. The van der Waals surface area contributed by atoms with Crippen LogP contribution >= 0.6 is 11.3 Å². The van der Waals surface area contributed by atoms with E-state index in [9.17, 15) is 48.7 Å². The number of thiophene rings is 1. The Hall–Kier alpha value is -4.90. The fraction of sp³-hybridized carbons (Fsp3) is 0.